The SMILES string of the molecule is CC1Cn2nc(-c3nc(-c4ccn5cncc5c4)no3)cc2CN1.O=C(O)C(F)(F)F. The number of fused-ring (bicyclic) bond motifs is 2. The molecule has 162 valence electrons. The number of aliphatic carboxylic acids is 1. The highest BCUT2D eigenvalue weighted by Gasteiger charge is 2.38. The number of nitrogens with one attached hydrogen (secondary N) is 1. The van der Waals surface area contributed by atoms with Crippen molar-refractivity contribution in [2.24, 2.45) is 0 Å². The maximum Gasteiger partial charge on any atom is 0.490 e. The Hall–Kier alpha value is -3.74. The first kappa shape index (κ1) is 20.5. The third kappa shape index (κ3) is 4.40. The van der Waals surface area contributed by atoms with Crippen LogP contribution in [-0.2, 0) is 17.9 Å². The van der Waals surface area contributed by atoms with Gasteiger partial charge >= 0.3 is 12.1 Å². The predicted molar refractivity (Wildman–Crippen MR) is 99.7 cm³/mol. The number of alkyl halides is 3. The Labute approximate surface area is 172 Å². The Morgan fingerprint density at radius 3 is 2.87 bits per heavy atom. The van der Waals surface area contributed by atoms with E-state index in [0.717, 1.165) is 29.9 Å². The number of carboxylic acid groups (broad SMARTS) is 1. The molecule has 0 amide bonds. The van der Waals surface area contributed by atoms with E-state index in [9.17, 15) is 13.2 Å². The molecule has 4 aromatic heterocycles. The number of carboxylic acids is 1. The van der Waals surface area contributed by atoms with Crippen molar-refractivity contribution in [2.75, 3.05) is 0 Å². The molecule has 31 heavy (non-hydrogen) atoms. The summed E-state index contributed by atoms with van der Waals surface area (Å²) in [6.45, 7) is 3.78. The fourth-order valence-corrected chi connectivity index (χ4v) is 2.97. The molecule has 0 saturated carbocycles. The number of rotatable bonds is 2. The summed E-state index contributed by atoms with van der Waals surface area (Å²) in [4.78, 5) is 17.5. The van der Waals surface area contributed by atoms with Gasteiger partial charge in [0.15, 0.2) is 5.69 Å². The molecule has 0 aliphatic carbocycles. The van der Waals surface area contributed by atoms with Crippen LogP contribution in [0.2, 0.25) is 0 Å². The van der Waals surface area contributed by atoms with Crippen LogP contribution in [0.1, 0.15) is 12.6 Å². The minimum atomic E-state index is -5.08. The van der Waals surface area contributed by atoms with Crippen molar-refractivity contribution < 1.29 is 27.6 Å². The number of hydrogen-bond acceptors (Lipinski definition) is 7. The molecule has 5 rings (SSSR count). The number of halogens is 3. The second-order valence-electron chi connectivity index (χ2n) is 6.85. The Morgan fingerprint density at radius 1 is 1.35 bits per heavy atom. The summed E-state index contributed by atoms with van der Waals surface area (Å²) < 4.78 is 41.1. The van der Waals surface area contributed by atoms with Crippen molar-refractivity contribution in [2.45, 2.75) is 32.2 Å². The van der Waals surface area contributed by atoms with Gasteiger partial charge in [-0.2, -0.15) is 23.3 Å². The van der Waals surface area contributed by atoms with Crippen LogP contribution in [0.4, 0.5) is 13.2 Å². The number of nitrogens with zero attached hydrogens (tertiary/aromatic N) is 6. The van der Waals surface area contributed by atoms with Gasteiger partial charge in [0.25, 0.3) is 5.89 Å². The summed E-state index contributed by atoms with van der Waals surface area (Å²) in [5, 5.41) is 19.2. The number of aromatic nitrogens is 6. The van der Waals surface area contributed by atoms with Gasteiger partial charge in [-0.05, 0) is 25.1 Å². The number of carbonyl (C=O) groups is 1. The highest BCUT2D eigenvalue weighted by Crippen LogP contribution is 2.24. The first-order valence-electron chi connectivity index (χ1n) is 9.07. The lowest BCUT2D eigenvalue weighted by Gasteiger charge is -2.21. The van der Waals surface area contributed by atoms with Gasteiger partial charge in [-0.15, -0.1) is 0 Å². The van der Waals surface area contributed by atoms with E-state index in [1.54, 1.807) is 12.5 Å². The molecule has 5 heterocycles. The fraction of sp³-hybridized carbons (Fsp3) is 0.278. The average Bonchev–Trinajstić information content (AvgIpc) is 3.45. The van der Waals surface area contributed by atoms with Crippen LogP contribution in [0, 0.1) is 0 Å². The molecule has 0 aromatic carbocycles. The minimum Gasteiger partial charge on any atom is -0.475 e. The minimum absolute atomic E-state index is 0.408. The summed E-state index contributed by atoms with van der Waals surface area (Å²) >= 11 is 0. The van der Waals surface area contributed by atoms with Gasteiger partial charge in [0.1, 0.15) is 0 Å². The topological polar surface area (TPSA) is 123 Å². The maximum atomic E-state index is 10.6. The van der Waals surface area contributed by atoms with Gasteiger partial charge in [-0.25, -0.2) is 9.78 Å². The Balaban J connectivity index is 0.000000289. The van der Waals surface area contributed by atoms with E-state index in [1.165, 1.54) is 0 Å². The largest absolute Gasteiger partial charge is 0.490 e. The Bertz CT molecular complexity index is 1230. The molecule has 0 bridgehead atoms. The van der Waals surface area contributed by atoms with Crippen molar-refractivity contribution >= 4 is 11.5 Å². The van der Waals surface area contributed by atoms with Crippen LogP contribution in [0.5, 0.6) is 0 Å². The molecule has 1 aliphatic heterocycles. The van der Waals surface area contributed by atoms with Crippen LogP contribution < -0.4 is 5.32 Å². The third-order valence-corrected chi connectivity index (χ3v) is 4.50. The van der Waals surface area contributed by atoms with Gasteiger partial charge in [-0.3, -0.25) is 4.68 Å². The van der Waals surface area contributed by atoms with Crippen LogP contribution in [0.15, 0.2) is 41.4 Å². The van der Waals surface area contributed by atoms with Crippen LogP contribution in [0.25, 0.3) is 28.5 Å². The van der Waals surface area contributed by atoms with Gasteiger partial charge < -0.3 is 19.3 Å². The molecule has 0 spiro atoms. The van der Waals surface area contributed by atoms with Crippen molar-refractivity contribution in [3.05, 3.63) is 42.6 Å². The van der Waals surface area contributed by atoms with Crippen molar-refractivity contribution in [3.8, 4) is 23.0 Å². The molecular formula is C18H16F3N7O3. The first-order chi connectivity index (χ1) is 14.7. The van der Waals surface area contributed by atoms with Gasteiger partial charge in [0, 0.05) is 24.3 Å². The van der Waals surface area contributed by atoms with E-state index in [4.69, 9.17) is 14.4 Å². The normalized spacial score (nSPS) is 15.9. The summed E-state index contributed by atoms with van der Waals surface area (Å²) in [6.07, 6.45) is 0.392. The van der Waals surface area contributed by atoms with Gasteiger partial charge in [0.2, 0.25) is 5.82 Å². The van der Waals surface area contributed by atoms with E-state index in [-0.39, 0.29) is 0 Å². The summed E-state index contributed by atoms with van der Waals surface area (Å²) in [6, 6.07) is 6.32. The lowest BCUT2D eigenvalue weighted by molar-refractivity contribution is -0.192. The average molecular weight is 435 g/mol. The highest BCUT2D eigenvalue weighted by molar-refractivity contribution is 5.73. The fourth-order valence-electron chi connectivity index (χ4n) is 2.97. The molecule has 2 N–H and O–H groups in total. The predicted octanol–water partition coefficient (Wildman–Crippen LogP) is 2.37. The number of pyridine rings is 1. The monoisotopic (exact) mass is 435 g/mol. The van der Waals surface area contributed by atoms with Crippen LogP contribution in [0.3, 0.4) is 0 Å². The standard InChI is InChI=1S/C16H15N7O.C2HF3O2/c1-10-8-23-13(7-18-10)5-14(20-23)16-19-15(21-24-16)11-2-3-22-9-17-6-12(22)4-11;3-2(4,5)1(6)7/h2-6,9-10,18H,7-8H2,1H3;(H,6,7). The van der Waals surface area contributed by atoms with E-state index in [0.29, 0.717) is 23.5 Å². The van der Waals surface area contributed by atoms with E-state index >= 15 is 0 Å². The van der Waals surface area contributed by atoms with Crippen LogP contribution >= 0.6 is 0 Å². The van der Waals surface area contributed by atoms with E-state index < -0.39 is 12.1 Å². The number of hydrogen-bond donors (Lipinski definition) is 2. The van der Waals surface area contributed by atoms with Crippen LogP contribution in [-0.4, -0.2) is 52.6 Å². The molecule has 0 saturated heterocycles. The van der Waals surface area contributed by atoms with E-state index in [2.05, 4.69) is 32.5 Å². The van der Waals surface area contributed by atoms with Crippen molar-refractivity contribution in [3.63, 3.8) is 0 Å². The second kappa shape index (κ2) is 7.83. The molecule has 1 atom stereocenters. The van der Waals surface area contributed by atoms with Crippen molar-refractivity contribution in [1.82, 2.24) is 34.6 Å². The molecule has 0 radical (unpaired) electrons. The summed E-state index contributed by atoms with van der Waals surface area (Å²) in [5.41, 5.74) is 3.71. The molecule has 4 aromatic rings. The second-order valence-corrected chi connectivity index (χ2v) is 6.85. The highest BCUT2D eigenvalue weighted by atomic mass is 19.4. The molecule has 1 aliphatic rings. The quantitative estimate of drug-likeness (QED) is 0.492. The van der Waals surface area contributed by atoms with Gasteiger partial charge in [0.05, 0.1) is 30.3 Å². The molecule has 0 fully saturated rings. The summed E-state index contributed by atoms with van der Waals surface area (Å²) in [5.74, 6) is -1.77. The number of imidazole rings is 1. The zero-order chi connectivity index (χ0) is 22.2. The van der Waals surface area contributed by atoms with Crippen molar-refractivity contribution in [1.29, 1.82) is 0 Å². The Kier molecular flexibility index (Phi) is 5.19. The molecule has 13 heteroatoms. The van der Waals surface area contributed by atoms with Gasteiger partial charge in [-0.1, -0.05) is 5.16 Å². The summed E-state index contributed by atoms with van der Waals surface area (Å²) in [7, 11) is 0. The zero-order valence-electron chi connectivity index (χ0n) is 16.0. The maximum absolute atomic E-state index is 10.6. The Morgan fingerprint density at radius 2 is 2.13 bits per heavy atom. The lowest BCUT2D eigenvalue weighted by atomic mass is 10.2. The van der Waals surface area contributed by atoms with E-state index in [1.807, 2.05) is 33.5 Å². The molecule has 10 nitrogen and oxygen atoms in total. The lowest BCUT2D eigenvalue weighted by Crippen LogP contribution is -2.36. The molecular weight excluding hydrogens is 419 g/mol. The first-order valence-corrected chi connectivity index (χ1v) is 9.07. The third-order valence-electron chi connectivity index (χ3n) is 4.50. The smallest absolute Gasteiger partial charge is 0.475 e. The molecule has 1 unspecified atom stereocenters. The zero-order valence-corrected chi connectivity index (χ0v) is 16.0.